The maximum absolute atomic E-state index is 12.0. The molecule has 0 aromatic heterocycles. The average molecular weight is 283 g/mol. The van der Waals surface area contributed by atoms with Crippen LogP contribution < -0.4 is 5.32 Å². The van der Waals surface area contributed by atoms with Crippen molar-refractivity contribution in [1.29, 1.82) is 0 Å². The predicted octanol–water partition coefficient (Wildman–Crippen LogP) is 3.02. The lowest BCUT2D eigenvalue weighted by atomic mass is 10.1. The van der Waals surface area contributed by atoms with Crippen LogP contribution in [-0.2, 0) is 0 Å². The van der Waals surface area contributed by atoms with Gasteiger partial charge in [-0.3, -0.25) is 14.9 Å². The van der Waals surface area contributed by atoms with Gasteiger partial charge in [0.1, 0.15) is 5.02 Å². The maximum Gasteiger partial charge on any atom is 0.288 e. The Bertz CT molecular complexity index is 515. The van der Waals surface area contributed by atoms with Gasteiger partial charge in [-0.05, 0) is 30.7 Å². The fraction of sp³-hybridized carbons (Fsp3) is 0.462. The van der Waals surface area contributed by atoms with E-state index in [1.807, 2.05) is 0 Å². The Balaban J connectivity index is 2.06. The molecule has 1 aromatic rings. The minimum absolute atomic E-state index is 0.107. The number of nitrogens with one attached hydrogen (secondary N) is 1. The zero-order chi connectivity index (χ0) is 14.0. The fourth-order valence-corrected chi connectivity index (χ4v) is 2.30. The number of amides is 1. The van der Waals surface area contributed by atoms with Gasteiger partial charge in [0, 0.05) is 12.6 Å². The molecule has 0 bridgehead atoms. The lowest BCUT2D eigenvalue weighted by Gasteiger charge is -2.12. The summed E-state index contributed by atoms with van der Waals surface area (Å²) in [6, 6.07) is 4.24. The third-order valence-corrected chi connectivity index (χ3v) is 3.83. The van der Waals surface area contributed by atoms with E-state index < -0.39 is 4.92 Å². The van der Waals surface area contributed by atoms with Crippen molar-refractivity contribution in [3.05, 3.63) is 38.9 Å². The molecule has 1 N–H and O–H groups in total. The number of carbonyl (C=O) groups excluding carboxylic acids is 1. The number of hydrogen-bond acceptors (Lipinski definition) is 3. The van der Waals surface area contributed by atoms with Crippen molar-refractivity contribution in [3.8, 4) is 0 Å². The molecule has 1 atom stereocenters. The number of benzene rings is 1. The quantitative estimate of drug-likeness (QED) is 0.666. The normalized spacial score (nSPS) is 15.9. The van der Waals surface area contributed by atoms with E-state index in [9.17, 15) is 14.9 Å². The van der Waals surface area contributed by atoms with Crippen molar-refractivity contribution in [2.45, 2.75) is 19.8 Å². The Morgan fingerprint density at radius 1 is 1.58 bits per heavy atom. The summed E-state index contributed by atoms with van der Waals surface area (Å²) in [5.74, 6) is 0.767. The Hall–Kier alpha value is -1.62. The van der Waals surface area contributed by atoms with Crippen LogP contribution in [0.4, 0.5) is 5.69 Å². The molecule has 1 fully saturated rings. The minimum atomic E-state index is -0.591. The minimum Gasteiger partial charge on any atom is -0.352 e. The summed E-state index contributed by atoms with van der Waals surface area (Å²) in [7, 11) is 0. The third-order valence-electron chi connectivity index (χ3n) is 3.43. The molecule has 2 rings (SSSR count). The highest BCUT2D eigenvalue weighted by Gasteiger charge is 2.28. The monoisotopic (exact) mass is 282 g/mol. The standard InChI is InChI=1S/C13H15ClN2O3/c1-8(9-5-6-9)7-15-13(17)10-3-2-4-11(12(10)14)16(18)19/h2-4,8-9H,5-7H2,1H3,(H,15,17). The molecule has 0 spiro atoms. The predicted molar refractivity (Wildman–Crippen MR) is 72.3 cm³/mol. The second-order valence-electron chi connectivity index (χ2n) is 4.92. The van der Waals surface area contributed by atoms with Crippen molar-refractivity contribution in [2.24, 2.45) is 11.8 Å². The molecular formula is C13H15ClN2O3. The number of rotatable bonds is 5. The number of nitro groups is 1. The molecule has 0 radical (unpaired) electrons. The number of carbonyl (C=O) groups is 1. The van der Waals surface area contributed by atoms with Crippen LogP contribution in [0, 0.1) is 22.0 Å². The van der Waals surface area contributed by atoms with E-state index in [1.54, 1.807) is 0 Å². The van der Waals surface area contributed by atoms with E-state index in [2.05, 4.69) is 12.2 Å². The van der Waals surface area contributed by atoms with Gasteiger partial charge >= 0.3 is 0 Å². The highest BCUT2D eigenvalue weighted by atomic mass is 35.5. The van der Waals surface area contributed by atoms with E-state index >= 15 is 0 Å². The van der Waals surface area contributed by atoms with Gasteiger partial charge < -0.3 is 5.32 Å². The van der Waals surface area contributed by atoms with Gasteiger partial charge in [0.15, 0.2) is 0 Å². The summed E-state index contributed by atoms with van der Waals surface area (Å²) in [6.45, 7) is 2.66. The number of nitro benzene ring substituents is 1. The molecule has 0 saturated heterocycles. The largest absolute Gasteiger partial charge is 0.352 e. The zero-order valence-corrected chi connectivity index (χ0v) is 11.3. The van der Waals surface area contributed by atoms with Gasteiger partial charge in [-0.25, -0.2) is 0 Å². The Labute approximate surface area is 116 Å². The molecule has 19 heavy (non-hydrogen) atoms. The number of nitrogens with zero attached hydrogens (tertiary/aromatic N) is 1. The summed E-state index contributed by atoms with van der Waals surface area (Å²) in [5, 5.41) is 13.4. The smallest absolute Gasteiger partial charge is 0.288 e. The molecule has 1 aliphatic carbocycles. The highest BCUT2D eigenvalue weighted by molar-refractivity contribution is 6.35. The van der Waals surface area contributed by atoms with Gasteiger partial charge in [-0.2, -0.15) is 0 Å². The summed E-state index contributed by atoms with van der Waals surface area (Å²) in [4.78, 5) is 22.1. The molecule has 0 aliphatic heterocycles. The van der Waals surface area contributed by atoms with E-state index in [4.69, 9.17) is 11.6 Å². The van der Waals surface area contributed by atoms with Crippen LogP contribution in [0.3, 0.4) is 0 Å². The van der Waals surface area contributed by atoms with Crippen LogP contribution >= 0.6 is 11.6 Å². The first-order chi connectivity index (χ1) is 9.00. The molecule has 1 saturated carbocycles. The van der Waals surface area contributed by atoms with E-state index in [-0.39, 0.29) is 22.2 Å². The Morgan fingerprint density at radius 3 is 2.84 bits per heavy atom. The van der Waals surface area contributed by atoms with Crippen LogP contribution in [0.25, 0.3) is 0 Å². The van der Waals surface area contributed by atoms with Crippen LogP contribution in [0.1, 0.15) is 30.1 Å². The topological polar surface area (TPSA) is 72.2 Å². The van der Waals surface area contributed by atoms with Crippen LogP contribution in [0.2, 0.25) is 5.02 Å². The molecule has 1 unspecified atom stereocenters. The van der Waals surface area contributed by atoms with Crippen molar-refractivity contribution in [3.63, 3.8) is 0 Å². The van der Waals surface area contributed by atoms with Crippen LogP contribution in [0.15, 0.2) is 18.2 Å². The van der Waals surface area contributed by atoms with Gasteiger partial charge in [0.25, 0.3) is 11.6 Å². The Kier molecular flexibility index (Phi) is 4.04. The molecule has 6 heteroatoms. The van der Waals surface area contributed by atoms with Gasteiger partial charge in [0.05, 0.1) is 10.5 Å². The molecule has 1 aliphatic rings. The van der Waals surface area contributed by atoms with Crippen LogP contribution in [0.5, 0.6) is 0 Å². The molecule has 102 valence electrons. The van der Waals surface area contributed by atoms with Crippen molar-refractivity contribution in [1.82, 2.24) is 5.32 Å². The first-order valence-corrected chi connectivity index (χ1v) is 6.59. The second-order valence-corrected chi connectivity index (χ2v) is 5.30. The molecule has 1 aromatic carbocycles. The second kappa shape index (κ2) is 5.57. The molecular weight excluding hydrogens is 268 g/mol. The third kappa shape index (κ3) is 3.23. The first kappa shape index (κ1) is 13.8. The van der Waals surface area contributed by atoms with Gasteiger partial charge in [-0.15, -0.1) is 0 Å². The lowest BCUT2D eigenvalue weighted by Crippen LogP contribution is -2.29. The number of hydrogen-bond donors (Lipinski definition) is 1. The summed E-state index contributed by atoms with van der Waals surface area (Å²) >= 11 is 5.89. The fourth-order valence-electron chi connectivity index (χ4n) is 2.02. The Morgan fingerprint density at radius 2 is 2.26 bits per heavy atom. The van der Waals surface area contributed by atoms with Crippen LogP contribution in [-0.4, -0.2) is 17.4 Å². The summed E-state index contributed by atoms with van der Waals surface area (Å²) in [6.07, 6.45) is 2.43. The molecule has 1 amide bonds. The van der Waals surface area contributed by atoms with Gasteiger partial charge in [0.2, 0.25) is 0 Å². The summed E-state index contributed by atoms with van der Waals surface area (Å²) in [5.41, 5.74) is -0.0941. The first-order valence-electron chi connectivity index (χ1n) is 6.21. The van der Waals surface area contributed by atoms with Gasteiger partial charge in [-0.1, -0.05) is 24.6 Å². The molecule has 5 nitrogen and oxygen atoms in total. The molecule has 0 heterocycles. The zero-order valence-electron chi connectivity index (χ0n) is 10.6. The number of halogens is 1. The van der Waals surface area contributed by atoms with Crippen molar-refractivity contribution < 1.29 is 9.72 Å². The maximum atomic E-state index is 12.0. The summed E-state index contributed by atoms with van der Waals surface area (Å²) < 4.78 is 0. The highest BCUT2D eigenvalue weighted by Crippen LogP contribution is 2.36. The van der Waals surface area contributed by atoms with Crippen molar-refractivity contribution in [2.75, 3.05) is 6.54 Å². The van der Waals surface area contributed by atoms with Crippen molar-refractivity contribution >= 4 is 23.2 Å². The SMILES string of the molecule is CC(CNC(=O)c1cccc([N+](=O)[O-])c1Cl)C1CC1. The average Bonchev–Trinajstić information content (AvgIpc) is 3.19. The van der Waals surface area contributed by atoms with E-state index in [0.717, 1.165) is 0 Å². The lowest BCUT2D eigenvalue weighted by molar-refractivity contribution is -0.384. The van der Waals surface area contributed by atoms with E-state index in [0.29, 0.717) is 18.4 Å². The van der Waals surface area contributed by atoms with E-state index in [1.165, 1.54) is 31.0 Å².